The third-order valence-corrected chi connectivity index (χ3v) is 5.45. The van der Waals surface area contributed by atoms with E-state index in [4.69, 9.17) is 4.74 Å². The first-order valence-electron chi connectivity index (χ1n) is 10.00. The molecule has 33 heavy (non-hydrogen) atoms. The highest BCUT2D eigenvalue weighted by atomic mass is 32.2. The lowest BCUT2D eigenvalue weighted by atomic mass is 10.1. The molecule has 1 amide bonds. The third-order valence-electron chi connectivity index (χ3n) is 3.71. The second kappa shape index (κ2) is 9.60. The van der Waals surface area contributed by atoms with Gasteiger partial charge in [0.25, 0.3) is 5.69 Å². The summed E-state index contributed by atoms with van der Waals surface area (Å²) >= 11 is 0. The molecule has 0 radical (unpaired) electrons. The second-order valence-electron chi connectivity index (χ2n) is 9.29. The average Bonchev–Trinajstić information content (AvgIpc) is 2.63. The highest BCUT2D eigenvalue weighted by molar-refractivity contribution is 7.89. The summed E-state index contributed by atoms with van der Waals surface area (Å²) in [6, 6.07) is 10.1. The highest BCUT2D eigenvalue weighted by Gasteiger charge is 2.24. The molecule has 0 bridgehead atoms. The van der Waals surface area contributed by atoms with Gasteiger partial charge in [-0.2, -0.15) is 0 Å². The maximum atomic E-state index is 12.7. The van der Waals surface area contributed by atoms with Crippen molar-refractivity contribution in [3.8, 4) is 11.8 Å². The molecule has 2 aromatic carbocycles. The first kappa shape index (κ1) is 25.8. The van der Waals surface area contributed by atoms with Crippen molar-refractivity contribution in [3.63, 3.8) is 0 Å². The van der Waals surface area contributed by atoms with Crippen molar-refractivity contribution in [1.82, 2.24) is 4.72 Å². The first-order valence-corrected chi connectivity index (χ1v) is 11.5. The second-order valence-corrected chi connectivity index (χ2v) is 11.0. The van der Waals surface area contributed by atoms with E-state index < -0.39 is 37.9 Å². The van der Waals surface area contributed by atoms with E-state index in [1.165, 1.54) is 12.1 Å². The van der Waals surface area contributed by atoms with Gasteiger partial charge in [-0.15, -0.1) is 0 Å². The van der Waals surface area contributed by atoms with Gasteiger partial charge in [0.15, 0.2) is 0 Å². The predicted molar refractivity (Wildman–Crippen MR) is 125 cm³/mol. The van der Waals surface area contributed by atoms with Crippen LogP contribution in [0.25, 0.3) is 0 Å². The smallest absolute Gasteiger partial charge is 0.412 e. The summed E-state index contributed by atoms with van der Waals surface area (Å²) < 4.78 is 33.0. The Labute approximate surface area is 193 Å². The van der Waals surface area contributed by atoms with Crippen LogP contribution in [0.3, 0.4) is 0 Å². The number of rotatable bonds is 4. The summed E-state index contributed by atoms with van der Waals surface area (Å²) in [7, 11) is -4.00. The number of nitro benzene ring substituents is 1. The summed E-state index contributed by atoms with van der Waals surface area (Å²) in [5.41, 5.74) is -0.694. The van der Waals surface area contributed by atoms with E-state index in [9.17, 15) is 23.3 Å². The summed E-state index contributed by atoms with van der Waals surface area (Å²) in [5.74, 6) is 5.60. The molecule has 0 heterocycles. The lowest BCUT2D eigenvalue weighted by Crippen LogP contribution is -2.40. The van der Waals surface area contributed by atoms with Crippen molar-refractivity contribution in [2.24, 2.45) is 0 Å². The maximum Gasteiger partial charge on any atom is 0.412 e. The number of hydrogen-bond acceptors (Lipinski definition) is 6. The number of non-ortho nitro benzene ring substituents is 1. The molecule has 176 valence electrons. The number of nitro groups is 1. The number of sulfonamides is 1. The molecule has 2 N–H and O–H groups in total. The summed E-state index contributed by atoms with van der Waals surface area (Å²) in [5, 5.41) is 13.9. The van der Waals surface area contributed by atoms with E-state index in [-0.39, 0.29) is 10.5 Å². The predicted octanol–water partition coefficient (Wildman–Crippen LogP) is 4.42. The molecule has 0 spiro atoms. The molecule has 0 saturated heterocycles. The molecule has 0 aliphatic carbocycles. The van der Waals surface area contributed by atoms with Crippen LogP contribution in [0, 0.1) is 22.0 Å². The molecule has 2 aromatic rings. The Morgan fingerprint density at radius 3 is 2.21 bits per heavy atom. The van der Waals surface area contributed by atoms with Crippen LogP contribution in [0.1, 0.15) is 52.7 Å². The normalized spacial score (nSPS) is 11.8. The minimum atomic E-state index is -4.00. The van der Waals surface area contributed by atoms with E-state index in [0.717, 1.165) is 6.07 Å². The Balaban J connectivity index is 2.37. The van der Waals surface area contributed by atoms with E-state index in [1.54, 1.807) is 65.8 Å². The number of hydrogen-bond donors (Lipinski definition) is 2. The Hall–Kier alpha value is -3.42. The van der Waals surface area contributed by atoms with Crippen molar-refractivity contribution in [2.75, 3.05) is 5.32 Å². The minimum absolute atomic E-state index is 0.156. The molecular weight excluding hydrogens is 446 g/mol. The van der Waals surface area contributed by atoms with Crippen molar-refractivity contribution < 1.29 is 22.9 Å². The molecule has 0 fully saturated rings. The zero-order valence-electron chi connectivity index (χ0n) is 19.3. The van der Waals surface area contributed by atoms with Gasteiger partial charge in [0, 0.05) is 34.5 Å². The number of amides is 1. The van der Waals surface area contributed by atoms with Crippen molar-refractivity contribution in [1.29, 1.82) is 0 Å². The Morgan fingerprint density at radius 2 is 1.64 bits per heavy atom. The quantitative estimate of drug-likeness (QED) is 0.384. The van der Waals surface area contributed by atoms with Gasteiger partial charge in [-0.05, 0) is 65.8 Å². The number of carbonyl (C=O) groups is 1. The number of carbonyl (C=O) groups excluding carboxylic acids is 1. The molecule has 0 aliphatic rings. The summed E-state index contributed by atoms with van der Waals surface area (Å²) in [4.78, 5) is 22.4. The lowest BCUT2D eigenvalue weighted by molar-refractivity contribution is -0.385. The lowest BCUT2D eigenvalue weighted by Gasteiger charge is -2.20. The Bertz CT molecular complexity index is 1230. The van der Waals surface area contributed by atoms with Crippen LogP contribution < -0.4 is 10.0 Å². The maximum absolute atomic E-state index is 12.7. The van der Waals surface area contributed by atoms with Crippen LogP contribution in [0.5, 0.6) is 0 Å². The van der Waals surface area contributed by atoms with Gasteiger partial charge in [0.05, 0.1) is 9.82 Å². The average molecular weight is 474 g/mol. The SMILES string of the molecule is CC(C)(C)NS(=O)(=O)c1cc(C#Cc2cccc(NC(=O)OC(C)(C)C)c2)cc([N+](=O)[O-])c1. The third kappa shape index (κ3) is 8.56. The highest BCUT2D eigenvalue weighted by Crippen LogP contribution is 2.22. The fourth-order valence-electron chi connectivity index (χ4n) is 2.62. The topological polar surface area (TPSA) is 128 Å². The van der Waals surface area contributed by atoms with Crippen molar-refractivity contribution >= 4 is 27.5 Å². The van der Waals surface area contributed by atoms with Gasteiger partial charge in [-0.25, -0.2) is 17.9 Å². The number of benzene rings is 2. The van der Waals surface area contributed by atoms with E-state index >= 15 is 0 Å². The van der Waals surface area contributed by atoms with E-state index in [1.807, 2.05) is 0 Å². The van der Waals surface area contributed by atoms with Crippen LogP contribution in [-0.4, -0.2) is 30.6 Å². The van der Waals surface area contributed by atoms with Gasteiger partial charge >= 0.3 is 6.09 Å². The molecule has 9 nitrogen and oxygen atoms in total. The minimum Gasteiger partial charge on any atom is -0.444 e. The molecule has 0 atom stereocenters. The Morgan fingerprint density at radius 1 is 1.00 bits per heavy atom. The van der Waals surface area contributed by atoms with Crippen LogP contribution in [0.15, 0.2) is 47.4 Å². The molecule has 2 rings (SSSR count). The van der Waals surface area contributed by atoms with Crippen LogP contribution in [0.2, 0.25) is 0 Å². The van der Waals surface area contributed by atoms with Gasteiger partial charge in [-0.1, -0.05) is 17.9 Å². The number of nitrogens with zero attached hydrogens (tertiary/aromatic N) is 1. The number of ether oxygens (including phenoxy) is 1. The van der Waals surface area contributed by atoms with Gasteiger partial charge in [-0.3, -0.25) is 15.4 Å². The van der Waals surface area contributed by atoms with Crippen LogP contribution >= 0.6 is 0 Å². The molecular formula is C23H27N3O6S. The van der Waals surface area contributed by atoms with E-state index in [0.29, 0.717) is 11.3 Å². The van der Waals surface area contributed by atoms with Crippen LogP contribution in [0.4, 0.5) is 16.2 Å². The molecule has 0 saturated carbocycles. The fourth-order valence-corrected chi connectivity index (χ4v) is 4.10. The molecule has 10 heteroatoms. The van der Waals surface area contributed by atoms with Gasteiger partial charge < -0.3 is 4.74 Å². The van der Waals surface area contributed by atoms with E-state index in [2.05, 4.69) is 21.9 Å². The first-order chi connectivity index (χ1) is 15.0. The summed E-state index contributed by atoms with van der Waals surface area (Å²) in [6.45, 7) is 10.2. The largest absolute Gasteiger partial charge is 0.444 e. The standard InChI is InChI=1S/C23H27N3O6S/c1-22(2,3)25-33(30,31)20-14-17(13-19(15-20)26(28)29)11-10-16-8-7-9-18(12-16)24-21(27)32-23(4,5)6/h7-9,12-15,25H,1-6H3,(H,24,27). The molecule has 0 unspecified atom stereocenters. The monoisotopic (exact) mass is 473 g/mol. The van der Waals surface area contributed by atoms with Gasteiger partial charge in [0.1, 0.15) is 5.60 Å². The zero-order valence-corrected chi connectivity index (χ0v) is 20.2. The number of nitrogens with one attached hydrogen (secondary N) is 2. The van der Waals surface area contributed by atoms with Gasteiger partial charge in [0.2, 0.25) is 10.0 Å². The fraction of sp³-hybridized carbons (Fsp3) is 0.348. The number of anilines is 1. The summed E-state index contributed by atoms with van der Waals surface area (Å²) in [6.07, 6.45) is -0.618. The van der Waals surface area contributed by atoms with Crippen LogP contribution in [-0.2, 0) is 14.8 Å². The Kier molecular flexibility index (Phi) is 7.52. The zero-order chi connectivity index (χ0) is 25.0. The van der Waals surface area contributed by atoms with Crippen molar-refractivity contribution in [2.45, 2.75) is 57.6 Å². The molecule has 0 aliphatic heterocycles. The molecule has 0 aromatic heterocycles. The van der Waals surface area contributed by atoms with Crippen molar-refractivity contribution in [3.05, 3.63) is 63.7 Å².